The van der Waals surface area contributed by atoms with E-state index >= 15 is 0 Å². The highest BCUT2D eigenvalue weighted by molar-refractivity contribution is 7.91. The van der Waals surface area contributed by atoms with E-state index in [0.29, 0.717) is 30.2 Å². The molecule has 8 heteroatoms. The molecule has 0 amide bonds. The molecule has 0 aliphatic carbocycles. The molecule has 21 heavy (non-hydrogen) atoms. The molecule has 2 aromatic rings. The van der Waals surface area contributed by atoms with Crippen molar-refractivity contribution in [2.45, 2.75) is 12.5 Å². The van der Waals surface area contributed by atoms with Crippen molar-refractivity contribution < 1.29 is 18.0 Å². The minimum atomic E-state index is -2.99. The van der Waals surface area contributed by atoms with Gasteiger partial charge in [0.15, 0.2) is 9.84 Å². The van der Waals surface area contributed by atoms with Crippen molar-refractivity contribution in [3.8, 4) is 17.1 Å². The molecule has 1 atom stereocenters. The highest BCUT2D eigenvalue weighted by Crippen LogP contribution is 2.20. The first-order valence-corrected chi connectivity index (χ1v) is 8.40. The predicted molar refractivity (Wildman–Crippen MR) is 75.5 cm³/mol. The summed E-state index contributed by atoms with van der Waals surface area (Å²) in [6.45, 7) is 0.445. The number of phenolic OH excluding ortho intramolecular Hbond substituents is 1. The second-order valence-electron chi connectivity index (χ2n) is 5.03. The molecule has 1 aromatic heterocycles. The summed E-state index contributed by atoms with van der Waals surface area (Å²) in [7, 11) is -2.99. The third-order valence-electron chi connectivity index (χ3n) is 3.29. The lowest BCUT2D eigenvalue weighted by molar-refractivity contribution is 0.361. The fraction of sp³-hybridized carbons (Fsp3) is 0.385. The van der Waals surface area contributed by atoms with E-state index in [1.54, 1.807) is 18.2 Å². The Hall–Kier alpha value is -1.93. The van der Waals surface area contributed by atoms with Gasteiger partial charge in [-0.15, -0.1) is 0 Å². The van der Waals surface area contributed by atoms with Crippen LogP contribution in [0.2, 0.25) is 0 Å². The van der Waals surface area contributed by atoms with Crippen LogP contribution in [0.3, 0.4) is 0 Å². The molecular formula is C13H15N3O4S. The van der Waals surface area contributed by atoms with Gasteiger partial charge in [0.05, 0.1) is 11.5 Å². The maximum atomic E-state index is 11.6. The van der Waals surface area contributed by atoms with Crippen LogP contribution in [-0.2, 0) is 16.3 Å². The fourth-order valence-electron chi connectivity index (χ4n) is 2.31. The number of nitrogens with zero attached hydrogens (tertiary/aromatic N) is 2. The first-order chi connectivity index (χ1) is 10.0. The van der Waals surface area contributed by atoms with Crippen molar-refractivity contribution in [2.24, 2.45) is 0 Å². The zero-order chi connectivity index (χ0) is 14.9. The van der Waals surface area contributed by atoms with E-state index in [-0.39, 0.29) is 23.3 Å². The van der Waals surface area contributed by atoms with Crippen molar-refractivity contribution in [3.63, 3.8) is 0 Å². The Morgan fingerprint density at radius 3 is 3.05 bits per heavy atom. The summed E-state index contributed by atoms with van der Waals surface area (Å²) in [6.07, 6.45) is 0.366. The van der Waals surface area contributed by atoms with E-state index in [4.69, 9.17) is 4.52 Å². The SMILES string of the molecule is O=S1(=O)CCNC(Cc2nc(-c3cccc(O)c3)no2)C1. The molecule has 2 N–H and O–H groups in total. The summed E-state index contributed by atoms with van der Waals surface area (Å²) >= 11 is 0. The summed E-state index contributed by atoms with van der Waals surface area (Å²) in [5.41, 5.74) is 0.647. The predicted octanol–water partition coefficient (Wildman–Crippen LogP) is 0.371. The number of nitrogens with one attached hydrogen (secondary N) is 1. The van der Waals surface area contributed by atoms with Crippen molar-refractivity contribution in [1.82, 2.24) is 15.5 Å². The molecule has 1 unspecified atom stereocenters. The van der Waals surface area contributed by atoms with Crippen molar-refractivity contribution >= 4 is 9.84 Å². The van der Waals surface area contributed by atoms with Crippen LogP contribution < -0.4 is 5.32 Å². The van der Waals surface area contributed by atoms with Crippen molar-refractivity contribution in [1.29, 1.82) is 0 Å². The molecule has 0 spiro atoms. The van der Waals surface area contributed by atoms with Crippen LogP contribution in [0, 0.1) is 0 Å². The Bertz CT molecular complexity index is 741. The summed E-state index contributed by atoms with van der Waals surface area (Å²) in [5.74, 6) is 1.13. The number of phenols is 1. The molecule has 2 heterocycles. The van der Waals surface area contributed by atoms with E-state index < -0.39 is 9.84 Å². The lowest BCUT2D eigenvalue weighted by atomic mass is 10.2. The first-order valence-electron chi connectivity index (χ1n) is 6.58. The zero-order valence-corrected chi connectivity index (χ0v) is 12.0. The third-order valence-corrected chi connectivity index (χ3v) is 5.03. The Morgan fingerprint density at radius 1 is 1.43 bits per heavy atom. The van der Waals surface area contributed by atoms with Gasteiger partial charge in [-0.2, -0.15) is 4.98 Å². The summed E-state index contributed by atoms with van der Waals surface area (Å²) in [4.78, 5) is 4.24. The molecule has 112 valence electrons. The van der Waals surface area contributed by atoms with Gasteiger partial charge >= 0.3 is 0 Å². The number of aromatic hydroxyl groups is 1. The number of aromatic nitrogens is 2. The van der Waals surface area contributed by atoms with Gasteiger partial charge < -0.3 is 14.9 Å². The van der Waals surface area contributed by atoms with Gasteiger partial charge in [-0.25, -0.2) is 8.42 Å². The van der Waals surface area contributed by atoms with Gasteiger partial charge in [-0.05, 0) is 12.1 Å². The maximum Gasteiger partial charge on any atom is 0.228 e. The third kappa shape index (κ3) is 3.40. The van der Waals surface area contributed by atoms with Crippen LogP contribution in [0.4, 0.5) is 0 Å². The molecule has 0 bridgehead atoms. The van der Waals surface area contributed by atoms with Crippen molar-refractivity contribution in [3.05, 3.63) is 30.2 Å². The molecule has 1 fully saturated rings. The smallest absolute Gasteiger partial charge is 0.228 e. The second-order valence-corrected chi connectivity index (χ2v) is 7.26. The molecule has 0 saturated carbocycles. The Balaban J connectivity index is 1.73. The van der Waals surface area contributed by atoms with Crippen LogP contribution >= 0.6 is 0 Å². The normalized spacial score (nSPS) is 21.2. The molecular weight excluding hydrogens is 294 g/mol. The number of hydrogen-bond donors (Lipinski definition) is 2. The molecule has 1 saturated heterocycles. The zero-order valence-electron chi connectivity index (χ0n) is 11.2. The standard InChI is InChI=1S/C13H15N3O4S/c17-11-3-1-2-9(6-11)13-15-12(20-16-13)7-10-8-21(18,19)5-4-14-10/h1-3,6,10,14,17H,4-5,7-8H2. The summed E-state index contributed by atoms with van der Waals surface area (Å²) in [6, 6.07) is 6.34. The largest absolute Gasteiger partial charge is 0.508 e. The van der Waals surface area contributed by atoms with Crippen LogP contribution in [-0.4, -0.2) is 47.8 Å². The van der Waals surface area contributed by atoms with E-state index in [9.17, 15) is 13.5 Å². The first kappa shape index (κ1) is 14.0. The Labute approximate surface area is 121 Å². The summed E-state index contributed by atoms with van der Waals surface area (Å²) < 4.78 is 28.3. The monoisotopic (exact) mass is 309 g/mol. The average Bonchev–Trinajstić information content (AvgIpc) is 2.86. The van der Waals surface area contributed by atoms with Crippen molar-refractivity contribution in [2.75, 3.05) is 18.1 Å². The van der Waals surface area contributed by atoms with Crippen LogP contribution in [0.15, 0.2) is 28.8 Å². The van der Waals surface area contributed by atoms with Gasteiger partial charge in [0.2, 0.25) is 11.7 Å². The van der Waals surface area contributed by atoms with Gasteiger partial charge in [0.25, 0.3) is 0 Å². The molecule has 7 nitrogen and oxygen atoms in total. The van der Waals surface area contributed by atoms with Gasteiger partial charge in [-0.1, -0.05) is 17.3 Å². The second kappa shape index (κ2) is 5.45. The Morgan fingerprint density at radius 2 is 2.29 bits per heavy atom. The minimum absolute atomic E-state index is 0.0802. The lowest BCUT2D eigenvalue weighted by Gasteiger charge is -2.21. The van der Waals surface area contributed by atoms with Gasteiger partial charge in [0, 0.05) is 24.6 Å². The highest BCUT2D eigenvalue weighted by Gasteiger charge is 2.26. The van der Waals surface area contributed by atoms with E-state index in [2.05, 4.69) is 15.5 Å². The topological polar surface area (TPSA) is 105 Å². The number of hydrogen-bond acceptors (Lipinski definition) is 7. The average molecular weight is 309 g/mol. The number of rotatable bonds is 3. The van der Waals surface area contributed by atoms with E-state index in [0.717, 1.165) is 0 Å². The maximum absolute atomic E-state index is 11.6. The highest BCUT2D eigenvalue weighted by atomic mass is 32.2. The van der Waals surface area contributed by atoms with E-state index in [1.165, 1.54) is 6.07 Å². The molecule has 1 aromatic carbocycles. The minimum Gasteiger partial charge on any atom is -0.508 e. The number of sulfone groups is 1. The van der Waals surface area contributed by atoms with Gasteiger partial charge in [-0.3, -0.25) is 0 Å². The Kier molecular flexibility index (Phi) is 3.64. The molecule has 1 aliphatic rings. The van der Waals surface area contributed by atoms with Crippen LogP contribution in [0.25, 0.3) is 11.4 Å². The quantitative estimate of drug-likeness (QED) is 0.844. The fourth-order valence-corrected chi connectivity index (χ4v) is 3.75. The number of benzene rings is 1. The molecule has 0 radical (unpaired) electrons. The van der Waals surface area contributed by atoms with Gasteiger partial charge in [0.1, 0.15) is 5.75 Å². The van der Waals surface area contributed by atoms with Crippen LogP contribution in [0.1, 0.15) is 5.89 Å². The molecule has 1 aliphatic heterocycles. The summed E-state index contributed by atoms with van der Waals surface area (Å²) in [5, 5.41) is 16.4. The molecule has 3 rings (SSSR count). The van der Waals surface area contributed by atoms with E-state index in [1.807, 2.05) is 0 Å². The lowest BCUT2D eigenvalue weighted by Crippen LogP contribution is -2.46. The van der Waals surface area contributed by atoms with Crippen LogP contribution in [0.5, 0.6) is 5.75 Å².